The molecule has 0 radical (unpaired) electrons. The van der Waals surface area contributed by atoms with Crippen molar-refractivity contribution in [1.29, 1.82) is 0 Å². The van der Waals surface area contributed by atoms with Gasteiger partial charge in [-0.05, 0) is 57.0 Å². The van der Waals surface area contributed by atoms with Crippen LogP contribution in [-0.2, 0) is 9.59 Å². The molecule has 0 atom stereocenters. The van der Waals surface area contributed by atoms with Crippen molar-refractivity contribution in [2.75, 3.05) is 6.61 Å². The van der Waals surface area contributed by atoms with Gasteiger partial charge in [0.25, 0.3) is 0 Å². The quantitative estimate of drug-likeness (QED) is 0.255. The topological polar surface area (TPSA) is 102 Å². The largest absolute Gasteiger partial charge is 0.507 e. The highest BCUT2D eigenvalue weighted by molar-refractivity contribution is 6.42. The molecule has 1 heterocycles. The number of rotatable bonds is 8. The van der Waals surface area contributed by atoms with Crippen LogP contribution in [0.1, 0.15) is 22.3 Å². The molecular weight excluding hydrogens is 466 g/mol. The van der Waals surface area contributed by atoms with E-state index in [-0.39, 0.29) is 11.5 Å². The van der Waals surface area contributed by atoms with E-state index in [9.17, 15) is 14.7 Å². The van der Waals surface area contributed by atoms with Gasteiger partial charge in [-0.1, -0.05) is 54.1 Å². The molecule has 0 aliphatic carbocycles. The van der Waals surface area contributed by atoms with Crippen molar-refractivity contribution >= 4 is 11.6 Å². The molecule has 7 heteroatoms. The van der Waals surface area contributed by atoms with Crippen molar-refractivity contribution in [3.63, 3.8) is 0 Å². The fourth-order valence-corrected chi connectivity index (χ4v) is 3.99. The molecule has 0 bridgehead atoms. The average molecular weight is 494 g/mol. The van der Waals surface area contributed by atoms with E-state index in [1.54, 1.807) is 12.1 Å². The molecular formula is C30H27N3O4. The van der Waals surface area contributed by atoms with Gasteiger partial charge in [-0.3, -0.25) is 9.59 Å². The lowest BCUT2D eigenvalue weighted by molar-refractivity contribution is -0.135. The van der Waals surface area contributed by atoms with Crippen LogP contribution in [0.25, 0.3) is 34.2 Å². The molecule has 1 aromatic heterocycles. The van der Waals surface area contributed by atoms with Gasteiger partial charge < -0.3 is 9.84 Å². The van der Waals surface area contributed by atoms with Crippen molar-refractivity contribution in [3.8, 4) is 45.7 Å². The zero-order valence-corrected chi connectivity index (χ0v) is 21.2. The molecule has 0 unspecified atom stereocenters. The van der Waals surface area contributed by atoms with Crippen LogP contribution in [0, 0.1) is 27.7 Å². The van der Waals surface area contributed by atoms with Gasteiger partial charge in [0.2, 0.25) is 11.6 Å². The van der Waals surface area contributed by atoms with Crippen LogP contribution in [0.15, 0.2) is 67.3 Å². The van der Waals surface area contributed by atoms with Gasteiger partial charge in [-0.2, -0.15) is 0 Å². The van der Waals surface area contributed by atoms with Gasteiger partial charge in [0.05, 0.1) is 5.56 Å². The summed E-state index contributed by atoms with van der Waals surface area (Å²) in [7, 11) is 0. The first kappa shape index (κ1) is 25.4. The predicted molar refractivity (Wildman–Crippen MR) is 142 cm³/mol. The summed E-state index contributed by atoms with van der Waals surface area (Å²) in [4.78, 5) is 37.3. The minimum atomic E-state index is -0.733. The van der Waals surface area contributed by atoms with E-state index in [0.717, 1.165) is 39.5 Å². The van der Waals surface area contributed by atoms with E-state index in [1.165, 1.54) is 6.07 Å². The van der Waals surface area contributed by atoms with Crippen molar-refractivity contribution in [3.05, 3.63) is 89.5 Å². The summed E-state index contributed by atoms with van der Waals surface area (Å²) in [5.41, 5.74) is 6.42. The van der Waals surface area contributed by atoms with Crippen LogP contribution in [0.2, 0.25) is 0 Å². The number of hydrogen-bond donors (Lipinski definition) is 1. The number of allylic oxidation sites excluding steroid dienone is 1. The van der Waals surface area contributed by atoms with Crippen molar-refractivity contribution < 1.29 is 19.4 Å². The van der Waals surface area contributed by atoms with Gasteiger partial charge >= 0.3 is 0 Å². The Labute approximate surface area is 215 Å². The van der Waals surface area contributed by atoms with Crippen molar-refractivity contribution in [2.24, 2.45) is 0 Å². The normalized spacial score (nSPS) is 10.7. The molecule has 3 aromatic carbocycles. The second-order valence-corrected chi connectivity index (χ2v) is 8.90. The number of ether oxygens (including phenoxy) is 1. The monoisotopic (exact) mass is 493 g/mol. The van der Waals surface area contributed by atoms with Crippen molar-refractivity contribution in [2.45, 2.75) is 27.7 Å². The number of aryl methyl sites for hydroxylation is 4. The molecule has 4 aromatic rings. The molecule has 7 nitrogen and oxygen atoms in total. The van der Waals surface area contributed by atoms with Gasteiger partial charge in [-0.15, -0.1) is 0 Å². The lowest BCUT2D eigenvalue weighted by atomic mass is 10.0. The number of Topliss-reactive ketones (excluding diaryl/α,β-unsaturated/α-hetero) is 1. The fourth-order valence-electron chi connectivity index (χ4n) is 3.99. The SMILES string of the molecule is C=CC(=O)C(=O)COc1ccc(-c2nc(-c3ccc(C)cc3C)nc(-c3ccc(C)cc3C)n2)c(O)c1. The summed E-state index contributed by atoms with van der Waals surface area (Å²) in [6.45, 7) is 10.9. The number of carbonyl (C=O) groups is 2. The maximum absolute atomic E-state index is 11.7. The highest BCUT2D eigenvalue weighted by Gasteiger charge is 2.18. The third-order valence-corrected chi connectivity index (χ3v) is 5.92. The number of aromatic nitrogens is 3. The van der Waals surface area contributed by atoms with Crippen molar-refractivity contribution in [1.82, 2.24) is 15.0 Å². The molecule has 4 rings (SSSR count). The first-order chi connectivity index (χ1) is 17.7. The molecule has 0 aliphatic rings. The highest BCUT2D eigenvalue weighted by Crippen LogP contribution is 2.34. The maximum Gasteiger partial charge on any atom is 0.239 e. The summed E-state index contributed by atoms with van der Waals surface area (Å²) < 4.78 is 5.37. The van der Waals surface area contributed by atoms with Gasteiger partial charge in [-0.25, -0.2) is 15.0 Å². The molecule has 0 spiro atoms. The van der Waals surface area contributed by atoms with Crippen LogP contribution in [0.4, 0.5) is 0 Å². The summed E-state index contributed by atoms with van der Waals surface area (Å²) >= 11 is 0. The number of phenols is 1. The van der Waals surface area contributed by atoms with Crippen LogP contribution in [0.3, 0.4) is 0 Å². The average Bonchev–Trinajstić information content (AvgIpc) is 2.86. The molecule has 0 saturated heterocycles. The predicted octanol–water partition coefficient (Wildman–Crippen LogP) is 5.51. The second-order valence-electron chi connectivity index (χ2n) is 8.90. The number of ketones is 2. The van der Waals surface area contributed by atoms with E-state index in [4.69, 9.17) is 19.7 Å². The summed E-state index contributed by atoms with van der Waals surface area (Å²) in [5, 5.41) is 10.8. The Morgan fingerprint density at radius 1 is 0.784 bits per heavy atom. The van der Waals surface area contributed by atoms with E-state index < -0.39 is 18.2 Å². The minimum Gasteiger partial charge on any atom is -0.507 e. The smallest absolute Gasteiger partial charge is 0.239 e. The first-order valence-corrected chi connectivity index (χ1v) is 11.7. The summed E-state index contributed by atoms with van der Waals surface area (Å²) in [6, 6.07) is 16.7. The maximum atomic E-state index is 11.7. The van der Waals surface area contributed by atoms with Gasteiger partial charge in [0.1, 0.15) is 11.5 Å². The molecule has 37 heavy (non-hydrogen) atoms. The van der Waals surface area contributed by atoms with E-state index in [2.05, 4.69) is 18.7 Å². The number of benzene rings is 3. The molecule has 0 fully saturated rings. The van der Waals surface area contributed by atoms with Gasteiger partial charge in [0, 0.05) is 17.2 Å². The van der Waals surface area contributed by atoms with E-state index in [1.807, 2.05) is 52.0 Å². The molecule has 0 amide bonds. The molecule has 1 N–H and O–H groups in total. The second kappa shape index (κ2) is 10.5. The third-order valence-electron chi connectivity index (χ3n) is 5.92. The Bertz CT molecular complexity index is 1470. The Kier molecular flexibility index (Phi) is 7.25. The zero-order chi connectivity index (χ0) is 26.7. The lowest BCUT2D eigenvalue weighted by Gasteiger charge is -2.13. The first-order valence-electron chi connectivity index (χ1n) is 11.7. The minimum absolute atomic E-state index is 0.135. The zero-order valence-electron chi connectivity index (χ0n) is 21.2. The standard InChI is InChI=1S/C30H27N3O4/c1-6-25(34)27(36)16-37-21-9-12-24(26(35)15-21)30-32-28(22-10-7-17(2)13-19(22)4)31-29(33-30)23-11-8-18(3)14-20(23)5/h6-15,35H,1,16H2,2-5H3. The number of aromatic hydroxyl groups is 1. The highest BCUT2D eigenvalue weighted by atomic mass is 16.5. The number of nitrogens with zero attached hydrogens (tertiary/aromatic N) is 3. The van der Waals surface area contributed by atoms with Gasteiger partial charge in [0.15, 0.2) is 24.1 Å². The Balaban J connectivity index is 1.79. The van der Waals surface area contributed by atoms with E-state index in [0.29, 0.717) is 23.0 Å². The Hall–Kier alpha value is -4.65. The van der Waals surface area contributed by atoms with Crippen LogP contribution >= 0.6 is 0 Å². The van der Waals surface area contributed by atoms with Crippen LogP contribution in [-0.4, -0.2) is 38.2 Å². The fraction of sp³-hybridized carbons (Fsp3) is 0.167. The van der Waals surface area contributed by atoms with Crippen LogP contribution < -0.4 is 4.74 Å². The number of hydrogen-bond acceptors (Lipinski definition) is 7. The van der Waals surface area contributed by atoms with E-state index >= 15 is 0 Å². The lowest BCUT2D eigenvalue weighted by Crippen LogP contribution is -2.19. The number of carbonyl (C=O) groups excluding carboxylic acids is 2. The summed E-state index contributed by atoms with van der Waals surface area (Å²) in [5.74, 6) is -0.0939. The molecule has 0 saturated carbocycles. The Morgan fingerprint density at radius 3 is 1.73 bits per heavy atom. The van der Waals surface area contributed by atoms with Crippen LogP contribution in [0.5, 0.6) is 11.5 Å². The molecule has 186 valence electrons. The third kappa shape index (κ3) is 5.62. The molecule has 0 aliphatic heterocycles. The Morgan fingerprint density at radius 2 is 1.27 bits per heavy atom. The number of phenolic OH excluding ortho intramolecular Hbond substituents is 1. The summed E-state index contributed by atoms with van der Waals surface area (Å²) in [6.07, 6.45) is 0.938.